The van der Waals surface area contributed by atoms with Crippen molar-refractivity contribution in [2.24, 2.45) is 0 Å². The van der Waals surface area contributed by atoms with Gasteiger partial charge in [0.25, 0.3) is 0 Å². The molecule has 2 unspecified atom stereocenters. The maximum atomic E-state index is 11.7. The molecule has 82 valence electrons. The monoisotopic (exact) mass is 220 g/mol. The van der Waals surface area contributed by atoms with Gasteiger partial charge in [-0.1, -0.05) is 6.92 Å². The van der Waals surface area contributed by atoms with E-state index in [-0.39, 0.29) is 13.0 Å². The van der Waals surface area contributed by atoms with Crippen molar-refractivity contribution >= 4 is 10.0 Å². The molecular weight excluding hydrogens is 204 g/mol. The Labute approximate surface area is 85.0 Å². The lowest BCUT2D eigenvalue weighted by Gasteiger charge is -2.24. The largest absolute Gasteiger partial charge is 0.395 e. The molecule has 0 spiro atoms. The summed E-state index contributed by atoms with van der Waals surface area (Å²) in [5, 5.41) is 16.4. The van der Waals surface area contributed by atoms with Gasteiger partial charge in [-0.25, -0.2) is 8.42 Å². The van der Waals surface area contributed by atoms with E-state index < -0.39 is 21.3 Å². The normalized spacial score (nSPS) is 16.3. The van der Waals surface area contributed by atoms with Gasteiger partial charge >= 0.3 is 0 Å². The molecule has 0 bridgehead atoms. The van der Waals surface area contributed by atoms with Crippen LogP contribution in [0.1, 0.15) is 20.3 Å². The molecule has 0 radical (unpaired) electrons. The molecule has 6 heteroatoms. The number of hydrogen-bond donors (Lipinski definition) is 1. The number of aliphatic hydroxyl groups excluding tert-OH is 1. The first-order valence-corrected chi connectivity index (χ1v) is 5.89. The van der Waals surface area contributed by atoms with Crippen LogP contribution in [0.4, 0.5) is 0 Å². The van der Waals surface area contributed by atoms with E-state index in [0.717, 1.165) is 4.31 Å². The van der Waals surface area contributed by atoms with Crippen molar-refractivity contribution in [3.05, 3.63) is 0 Å². The predicted octanol–water partition coefficient (Wildman–Crippen LogP) is -0.0690. The van der Waals surface area contributed by atoms with Gasteiger partial charge in [-0.2, -0.15) is 9.57 Å². The van der Waals surface area contributed by atoms with Crippen LogP contribution in [0, 0.1) is 11.3 Å². The van der Waals surface area contributed by atoms with Gasteiger partial charge < -0.3 is 5.11 Å². The quantitative estimate of drug-likeness (QED) is 0.703. The summed E-state index contributed by atoms with van der Waals surface area (Å²) in [6.07, 6.45) is 0.251. The Bertz CT molecular complexity index is 307. The summed E-state index contributed by atoms with van der Waals surface area (Å²) in [5.41, 5.74) is 0. The van der Waals surface area contributed by atoms with E-state index in [4.69, 9.17) is 10.4 Å². The number of nitriles is 1. The van der Waals surface area contributed by atoms with Crippen LogP contribution in [-0.4, -0.2) is 42.8 Å². The van der Waals surface area contributed by atoms with Crippen molar-refractivity contribution in [2.75, 3.05) is 13.7 Å². The fourth-order valence-corrected chi connectivity index (χ4v) is 2.46. The van der Waals surface area contributed by atoms with Gasteiger partial charge in [0, 0.05) is 13.1 Å². The number of rotatable bonds is 5. The van der Waals surface area contributed by atoms with Crippen LogP contribution in [0.2, 0.25) is 0 Å². The average molecular weight is 220 g/mol. The summed E-state index contributed by atoms with van der Waals surface area (Å²) >= 11 is 0. The van der Waals surface area contributed by atoms with Crippen molar-refractivity contribution in [1.29, 1.82) is 5.26 Å². The highest BCUT2D eigenvalue weighted by atomic mass is 32.2. The molecule has 0 aliphatic rings. The average Bonchev–Trinajstić information content (AvgIpc) is 2.16. The summed E-state index contributed by atoms with van der Waals surface area (Å²) in [7, 11) is -2.23. The second-order valence-corrected chi connectivity index (χ2v) is 5.29. The summed E-state index contributed by atoms with van der Waals surface area (Å²) in [6.45, 7) is 2.97. The Hall–Kier alpha value is -0.640. The smallest absolute Gasteiger partial charge is 0.230 e. The Morgan fingerprint density at radius 3 is 2.36 bits per heavy atom. The fraction of sp³-hybridized carbons (Fsp3) is 0.875. The number of hydrogen-bond acceptors (Lipinski definition) is 4. The van der Waals surface area contributed by atoms with Crippen LogP contribution in [0.5, 0.6) is 0 Å². The van der Waals surface area contributed by atoms with Gasteiger partial charge in [-0.05, 0) is 13.3 Å². The zero-order valence-corrected chi connectivity index (χ0v) is 9.45. The number of aliphatic hydroxyl groups is 1. The summed E-state index contributed by atoms with van der Waals surface area (Å²) in [4.78, 5) is 0. The molecule has 0 saturated carbocycles. The Morgan fingerprint density at radius 2 is 2.07 bits per heavy atom. The minimum atomic E-state index is -3.60. The third kappa shape index (κ3) is 2.67. The third-order valence-electron chi connectivity index (χ3n) is 2.16. The van der Waals surface area contributed by atoms with Crippen molar-refractivity contribution in [2.45, 2.75) is 31.6 Å². The zero-order chi connectivity index (χ0) is 11.4. The SMILES string of the molecule is CCC(C#N)S(=O)(=O)N(C)C(C)CO. The lowest BCUT2D eigenvalue weighted by Crippen LogP contribution is -2.42. The summed E-state index contributed by atoms with van der Waals surface area (Å²) in [6, 6.07) is 1.24. The maximum Gasteiger partial charge on any atom is 0.230 e. The highest BCUT2D eigenvalue weighted by Gasteiger charge is 2.30. The molecule has 0 aromatic rings. The van der Waals surface area contributed by atoms with Crippen LogP contribution in [0.3, 0.4) is 0 Å². The molecule has 14 heavy (non-hydrogen) atoms. The molecule has 0 aliphatic carbocycles. The van der Waals surface area contributed by atoms with Crippen molar-refractivity contribution < 1.29 is 13.5 Å². The Kier molecular flexibility index (Phi) is 5.05. The lowest BCUT2D eigenvalue weighted by molar-refractivity contribution is 0.213. The second-order valence-electron chi connectivity index (χ2n) is 3.12. The number of nitrogens with zero attached hydrogens (tertiary/aromatic N) is 2. The van der Waals surface area contributed by atoms with Gasteiger partial charge in [0.1, 0.15) is 0 Å². The maximum absolute atomic E-state index is 11.7. The van der Waals surface area contributed by atoms with Crippen molar-refractivity contribution in [3.63, 3.8) is 0 Å². The minimum absolute atomic E-state index is 0.251. The Morgan fingerprint density at radius 1 is 1.57 bits per heavy atom. The van der Waals surface area contributed by atoms with E-state index in [0.29, 0.717) is 0 Å². The van der Waals surface area contributed by atoms with Crippen molar-refractivity contribution in [1.82, 2.24) is 4.31 Å². The molecule has 0 aromatic carbocycles. The van der Waals surface area contributed by atoms with E-state index in [2.05, 4.69) is 0 Å². The van der Waals surface area contributed by atoms with E-state index in [9.17, 15) is 8.42 Å². The molecule has 0 saturated heterocycles. The van der Waals surface area contributed by atoms with Gasteiger partial charge in [0.15, 0.2) is 5.25 Å². The van der Waals surface area contributed by atoms with Gasteiger partial charge in [0.2, 0.25) is 10.0 Å². The van der Waals surface area contributed by atoms with E-state index in [1.165, 1.54) is 7.05 Å². The predicted molar refractivity (Wildman–Crippen MR) is 52.9 cm³/mol. The highest BCUT2D eigenvalue weighted by molar-refractivity contribution is 7.90. The Balaban J connectivity index is 4.88. The molecule has 2 atom stereocenters. The molecule has 0 amide bonds. The van der Waals surface area contributed by atoms with Crippen LogP contribution >= 0.6 is 0 Å². The first kappa shape index (κ1) is 13.4. The molecule has 0 fully saturated rings. The third-order valence-corrected chi connectivity index (χ3v) is 4.48. The summed E-state index contributed by atoms with van der Waals surface area (Å²) in [5.74, 6) is 0. The molecular formula is C8H16N2O3S. The zero-order valence-electron chi connectivity index (χ0n) is 8.64. The van der Waals surface area contributed by atoms with Crippen LogP contribution in [-0.2, 0) is 10.0 Å². The van der Waals surface area contributed by atoms with Gasteiger partial charge in [-0.3, -0.25) is 0 Å². The van der Waals surface area contributed by atoms with Gasteiger partial charge in [0.05, 0.1) is 12.7 Å². The van der Waals surface area contributed by atoms with Crippen LogP contribution in [0.25, 0.3) is 0 Å². The van der Waals surface area contributed by atoms with E-state index >= 15 is 0 Å². The van der Waals surface area contributed by atoms with Gasteiger partial charge in [-0.15, -0.1) is 0 Å². The number of likely N-dealkylation sites (N-methyl/N-ethyl adjacent to an activating group) is 1. The molecule has 0 heterocycles. The summed E-state index contributed by atoms with van der Waals surface area (Å²) < 4.78 is 24.4. The fourth-order valence-electron chi connectivity index (χ4n) is 0.935. The second kappa shape index (κ2) is 5.29. The van der Waals surface area contributed by atoms with Crippen LogP contribution in [0.15, 0.2) is 0 Å². The molecule has 1 N–H and O–H groups in total. The van der Waals surface area contributed by atoms with Crippen LogP contribution < -0.4 is 0 Å². The lowest BCUT2D eigenvalue weighted by atomic mass is 10.4. The molecule has 0 rings (SSSR count). The molecule has 0 aromatic heterocycles. The minimum Gasteiger partial charge on any atom is -0.395 e. The molecule has 5 nitrogen and oxygen atoms in total. The topological polar surface area (TPSA) is 81.4 Å². The first-order chi connectivity index (χ1) is 6.41. The van der Waals surface area contributed by atoms with Crippen molar-refractivity contribution in [3.8, 4) is 6.07 Å². The first-order valence-electron chi connectivity index (χ1n) is 4.39. The van der Waals surface area contributed by atoms with E-state index in [1.54, 1.807) is 19.9 Å². The highest BCUT2D eigenvalue weighted by Crippen LogP contribution is 2.12. The standard InChI is InChI=1S/C8H16N2O3S/c1-4-8(5-9)14(12,13)10(3)7(2)6-11/h7-8,11H,4,6H2,1-3H3. The molecule has 0 aliphatic heterocycles. The van der Waals surface area contributed by atoms with E-state index in [1.807, 2.05) is 0 Å². The number of sulfonamides is 1.